The summed E-state index contributed by atoms with van der Waals surface area (Å²) in [6, 6.07) is 3.55. The summed E-state index contributed by atoms with van der Waals surface area (Å²) in [5.41, 5.74) is 2.05. The molecule has 5 nitrogen and oxygen atoms in total. The number of sulfonamides is 1. The molecule has 1 N–H and O–H groups in total. The molecule has 0 spiro atoms. The number of methoxy groups -OCH3 is 1. The first-order valence-electron chi connectivity index (χ1n) is 8.87. The number of hydrogen-bond donors (Lipinski definition) is 1. The van der Waals surface area contributed by atoms with E-state index in [-0.39, 0.29) is 17.9 Å². The highest BCUT2D eigenvalue weighted by atomic mass is 32.2. The highest BCUT2D eigenvalue weighted by Gasteiger charge is 2.54. The SMILES string of the molecule is CC.COc1ccc2c3c1O[C@@H]1C(F)CCC(C31)[C@@H](NS(C)(=O)=O)C2. The van der Waals surface area contributed by atoms with Crippen molar-refractivity contribution in [2.75, 3.05) is 13.4 Å². The molecule has 0 amide bonds. The van der Waals surface area contributed by atoms with Gasteiger partial charge in [0.1, 0.15) is 12.3 Å². The molecule has 1 fully saturated rings. The van der Waals surface area contributed by atoms with Gasteiger partial charge in [-0.15, -0.1) is 0 Å². The number of alkyl halides is 1. The highest BCUT2D eigenvalue weighted by molar-refractivity contribution is 7.88. The molecule has 1 saturated carbocycles. The van der Waals surface area contributed by atoms with Crippen LogP contribution in [0, 0.1) is 5.92 Å². The van der Waals surface area contributed by atoms with Crippen LogP contribution in [0.5, 0.6) is 11.5 Å². The van der Waals surface area contributed by atoms with Crippen LogP contribution < -0.4 is 14.2 Å². The molecule has 140 valence electrons. The number of ether oxygens (including phenoxy) is 2. The normalized spacial score (nSPS) is 32.1. The quantitative estimate of drug-likeness (QED) is 0.887. The van der Waals surface area contributed by atoms with Gasteiger partial charge in [0.25, 0.3) is 0 Å². The molecule has 0 radical (unpaired) electrons. The van der Waals surface area contributed by atoms with Crippen LogP contribution in [0.25, 0.3) is 0 Å². The van der Waals surface area contributed by atoms with E-state index in [2.05, 4.69) is 4.72 Å². The Labute approximate surface area is 149 Å². The second-order valence-electron chi connectivity index (χ2n) is 6.74. The summed E-state index contributed by atoms with van der Waals surface area (Å²) in [6.45, 7) is 4.00. The van der Waals surface area contributed by atoms with Gasteiger partial charge in [-0.2, -0.15) is 0 Å². The van der Waals surface area contributed by atoms with Crippen LogP contribution in [0.15, 0.2) is 12.1 Å². The fraction of sp³-hybridized carbons (Fsp3) is 0.667. The largest absolute Gasteiger partial charge is 0.493 e. The van der Waals surface area contributed by atoms with Crippen LogP contribution in [0.2, 0.25) is 0 Å². The molecule has 5 atom stereocenters. The Morgan fingerprint density at radius 2 is 2.00 bits per heavy atom. The summed E-state index contributed by atoms with van der Waals surface area (Å²) >= 11 is 0. The minimum absolute atomic E-state index is 0.0579. The minimum atomic E-state index is -3.31. The van der Waals surface area contributed by atoms with Gasteiger partial charge in [0.2, 0.25) is 10.0 Å². The topological polar surface area (TPSA) is 64.6 Å². The molecule has 3 aliphatic rings. The van der Waals surface area contributed by atoms with Crippen LogP contribution in [0.1, 0.15) is 43.7 Å². The monoisotopic (exact) mass is 371 g/mol. The Kier molecular flexibility index (Phi) is 4.99. The second kappa shape index (κ2) is 6.76. The molecule has 1 aromatic rings. The Morgan fingerprint density at radius 3 is 2.64 bits per heavy atom. The lowest BCUT2D eigenvalue weighted by Crippen LogP contribution is -2.51. The maximum atomic E-state index is 14.4. The van der Waals surface area contributed by atoms with Crippen LogP contribution in [-0.2, 0) is 16.4 Å². The molecule has 3 unspecified atom stereocenters. The molecule has 1 heterocycles. The zero-order valence-corrected chi connectivity index (χ0v) is 15.9. The lowest BCUT2D eigenvalue weighted by molar-refractivity contribution is 0.0305. The van der Waals surface area contributed by atoms with Crippen molar-refractivity contribution in [3.05, 3.63) is 23.3 Å². The Hall–Kier alpha value is -1.34. The summed E-state index contributed by atoms with van der Waals surface area (Å²) in [4.78, 5) is 0. The maximum Gasteiger partial charge on any atom is 0.208 e. The third kappa shape index (κ3) is 3.12. The van der Waals surface area contributed by atoms with Crippen LogP contribution in [0.3, 0.4) is 0 Å². The summed E-state index contributed by atoms with van der Waals surface area (Å²) in [7, 11) is -1.74. The molecule has 2 aliphatic carbocycles. The average Bonchev–Trinajstić information content (AvgIpc) is 2.97. The Morgan fingerprint density at radius 1 is 1.28 bits per heavy atom. The van der Waals surface area contributed by atoms with Gasteiger partial charge in [0.15, 0.2) is 11.5 Å². The van der Waals surface area contributed by atoms with E-state index in [0.29, 0.717) is 30.8 Å². The fourth-order valence-corrected chi connectivity index (χ4v) is 5.32. The first-order chi connectivity index (χ1) is 11.9. The molecule has 25 heavy (non-hydrogen) atoms. The standard InChI is InChI=1S/C16H20FNO4S.C2H6/c1-21-12-6-3-8-7-11(18-23(2,19)20)9-4-5-10(17)15-14(9)13(8)16(12)22-15;1-2/h3,6,9-11,14-15,18H,4-5,7H2,1-2H3;1-2H3/t9?,10?,11-,14?,15+;/m0./s1. The van der Waals surface area contributed by atoms with E-state index >= 15 is 0 Å². The number of rotatable bonds is 3. The minimum Gasteiger partial charge on any atom is -0.493 e. The van der Waals surface area contributed by atoms with Gasteiger partial charge in [-0.25, -0.2) is 17.5 Å². The molecule has 0 bridgehead atoms. The number of hydrogen-bond acceptors (Lipinski definition) is 4. The van der Waals surface area contributed by atoms with Crippen molar-refractivity contribution in [1.29, 1.82) is 0 Å². The van der Waals surface area contributed by atoms with Gasteiger partial charge in [-0.05, 0) is 36.8 Å². The Bertz CT molecular complexity index is 752. The first kappa shape index (κ1) is 18.5. The molecule has 0 aromatic heterocycles. The van der Waals surface area contributed by atoms with Gasteiger partial charge in [0, 0.05) is 17.5 Å². The summed E-state index contributed by atoms with van der Waals surface area (Å²) in [5.74, 6) is 1.22. The van der Waals surface area contributed by atoms with E-state index in [1.165, 1.54) is 6.26 Å². The molecule has 4 rings (SSSR count). The smallest absolute Gasteiger partial charge is 0.208 e. The molecular weight excluding hydrogens is 345 g/mol. The summed E-state index contributed by atoms with van der Waals surface area (Å²) < 4.78 is 51.9. The predicted octanol–water partition coefficient (Wildman–Crippen LogP) is 2.79. The molecular formula is C18H26FNO4S. The van der Waals surface area contributed by atoms with Crippen LogP contribution in [-0.4, -0.2) is 40.1 Å². The van der Waals surface area contributed by atoms with Crippen molar-refractivity contribution < 1.29 is 22.3 Å². The van der Waals surface area contributed by atoms with E-state index < -0.39 is 22.3 Å². The van der Waals surface area contributed by atoms with Crippen molar-refractivity contribution in [3.8, 4) is 11.5 Å². The lowest BCUT2D eigenvalue weighted by Gasteiger charge is -2.42. The molecule has 1 aromatic carbocycles. The van der Waals surface area contributed by atoms with Gasteiger partial charge in [-0.1, -0.05) is 19.9 Å². The van der Waals surface area contributed by atoms with Crippen LogP contribution >= 0.6 is 0 Å². The van der Waals surface area contributed by atoms with Gasteiger partial charge >= 0.3 is 0 Å². The summed E-state index contributed by atoms with van der Waals surface area (Å²) in [5, 5.41) is 0. The average molecular weight is 371 g/mol. The zero-order valence-electron chi connectivity index (χ0n) is 15.1. The third-order valence-corrected chi connectivity index (χ3v) is 6.06. The van der Waals surface area contributed by atoms with Gasteiger partial charge in [-0.3, -0.25) is 0 Å². The van der Waals surface area contributed by atoms with E-state index in [1.807, 2.05) is 26.0 Å². The first-order valence-corrected chi connectivity index (χ1v) is 10.8. The van der Waals surface area contributed by atoms with E-state index in [9.17, 15) is 12.8 Å². The van der Waals surface area contributed by atoms with E-state index in [4.69, 9.17) is 9.47 Å². The zero-order chi connectivity index (χ0) is 18.4. The number of benzene rings is 1. The van der Waals surface area contributed by atoms with Gasteiger partial charge in [0.05, 0.1) is 13.4 Å². The Balaban J connectivity index is 0.000000880. The van der Waals surface area contributed by atoms with Gasteiger partial charge < -0.3 is 9.47 Å². The van der Waals surface area contributed by atoms with Crippen LogP contribution in [0.4, 0.5) is 4.39 Å². The third-order valence-electron chi connectivity index (χ3n) is 5.33. The van der Waals surface area contributed by atoms with Crippen molar-refractivity contribution in [2.24, 2.45) is 5.92 Å². The van der Waals surface area contributed by atoms with E-state index in [0.717, 1.165) is 11.1 Å². The van der Waals surface area contributed by atoms with Crippen molar-refractivity contribution in [3.63, 3.8) is 0 Å². The highest BCUT2D eigenvalue weighted by Crippen LogP contribution is 2.57. The summed E-state index contributed by atoms with van der Waals surface area (Å²) in [6.07, 6.45) is 1.27. The number of nitrogens with one attached hydrogen (secondary N) is 1. The van der Waals surface area contributed by atoms with Crippen molar-refractivity contribution >= 4 is 10.0 Å². The van der Waals surface area contributed by atoms with Crippen molar-refractivity contribution in [1.82, 2.24) is 4.72 Å². The van der Waals surface area contributed by atoms with Crippen molar-refractivity contribution in [2.45, 2.75) is 57.3 Å². The number of halogens is 1. The predicted molar refractivity (Wildman–Crippen MR) is 94.6 cm³/mol. The lowest BCUT2D eigenvalue weighted by atomic mass is 9.65. The molecule has 0 saturated heterocycles. The second-order valence-corrected chi connectivity index (χ2v) is 8.52. The molecule has 1 aliphatic heterocycles. The van der Waals surface area contributed by atoms with E-state index in [1.54, 1.807) is 7.11 Å². The molecule has 7 heteroatoms. The fourth-order valence-electron chi connectivity index (χ4n) is 4.52. The maximum absolute atomic E-state index is 14.4.